The predicted molar refractivity (Wildman–Crippen MR) is 91.6 cm³/mol. The Balaban J connectivity index is 2.07. The summed E-state index contributed by atoms with van der Waals surface area (Å²) in [5, 5.41) is 4.37. The van der Waals surface area contributed by atoms with Crippen molar-refractivity contribution in [2.75, 3.05) is 0 Å². The fourth-order valence-electron chi connectivity index (χ4n) is 3.05. The lowest BCUT2D eigenvalue weighted by atomic mass is 10.1. The summed E-state index contributed by atoms with van der Waals surface area (Å²) < 4.78 is 2.29. The molecule has 0 radical (unpaired) electrons. The minimum atomic E-state index is 0.714. The summed E-state index contributed by atoms with van der Waals surface area (Å²) in [4.78, 5) is 15.5. The summed E-state index contributed by atoms with van der Waals surface area (Å²) in [6.45, 7) is 3.03. The summed E-state index contributed by atoms with van der Waals surface area (Å²) in [7, 11) is 0. The van der Waals surface area contributed by atoms with Crippen LogP contribution < -0.4 is 0 Å². The van der Waals surface area contributed by atoms with Gasteiger partial charge in [-0.3, -0.25) is 4.79 Å². The van der Waals surface area contributed by atoms with Crippen molar-refractivity contribution < 1.29 is 4.79 Å². The van der Waals surface area contributed by atoms with Gasteiger partial charge in [0.15, 0.2) is 0 Å². The summed E-state index contributed by atoms with van der Waals surface area (Å²) in [5.41, 5.74) is 7.05. The number of aldehydes is 1. The molecule has 0 atom stereocenters. The molecule has 0 aliphatic heterocycles. The van der Waals surface area contributed by atoms with Gasteiger partial charge < -0.3 is 4.57 Å². The van der Waals surface area contributed by atoms with E-state index in [1.807, 2.05) is 23.7 Å². The number of benzene rings is 2. The lowest BCUT2D eigenvalue weighted by molar-refractivity contribution is 0.112. The van der Waals surface area contributed by atoms with Gasteiger partial charge in [-0.2, -0.15) is 0 Å². The van der Waals surface area contributed by atoms with E-state index in [1.54, 1.807) is 11.3 Å². The zero-order valence-electron chi connectivity index (χ0n) is 12.1. The number of nitrogens with zero attached hydrogens (tertiary/aromatic N) is 2. The van der Waals surface area contributed by atoms with Crippen molar-refractivity contribution in [1.29, 1.82) is 0 Å². The normalized spacial score (nSPS) is 11.3. The number of carbonyl (C=O) groups excluding carboxylic acids is 1. The molecule has 2 heterocycles. The number of rotatable bonds is 3. The van der Waals surface area contributed by atoms with Crippen molar-refractivity contribution >= 4 is 39.4 Å². The first-order chi connectivity index (χ1) is 10.8. The van der Waals surface area contributed by atoms with Crippen LogP contribution in [0.5, 0.6) is 0 Å². The quantitative estimate of drug-likeness (QED) is 0.512. The third kappa shape index (κ3) is 1.88. The molecule has 0 saturated heterocycles. The summed E-state index contributed by atoms with van der Waals surface area (Å²) in [6, 6.07) is 12.3. The highest BCUT2D eigenvalue weighted by atomic mass is 32.1. The van der Waals surface area contributed by atoms with Gasteiger partial charge in [0.1, 0.15) is 6.29 Å². The van der Waals surface area contributed by atoms with Crippen LogP contribution >= 0.6 is 11.3 Å². The molecule has 0 fully saturated rings. The molecule has 0 bridgehead atoms. The fourth-order valence-corrected chi connectivity index (χ4v) is 3.61. The monoisotopic (exact) mass is 306 g/mol. The summed E-state index contributed by atoms with van der Waals surface area (Å²) in [5.74, 6) is 0. The van der Waals surface area contributed by atoms with Gasteiger partial charge in [0.05, 0.1) is 11.2 Å². The number of carbonyl (C=O) groups is 1. The van der Waals surface area contributed by atoms with E-state index in [0.717, 1.165) is 29.5 Å². The maximum absolute atomic E-state index is 11.1. The standard InChI is InChI=1S/C18H14N2OS/c1-2-20-17-6-3-12(9-21)7-15(17)14-5-4-13(8-18(14)20)16-10-22-11-19-16/h3-11H,2H2,1H3. The highest BCUT2D eigenvalue weighted by Gasteiger charge is 2.11. The second-order valence-electron chi connectivity index (χ2n) is 5.24. The van der Waals surface area contributed by atoms with Crippen LogP contribution in [-0.4, -0.2) is 15.8 Å². The number of aryl methyl sites for hydroxylation is 1. The van der Waals surface area contributed by atoms with Crippen LogP contribution in [0.15, 0.2) is 47.3 Å². The second kappa shape index (κ2) is 5.07. The van der Waals surface area contributed by atoms with Crippen molar-refractivity contribution in [3.8, 4) is 11.3 Å². The molecule has 2 aromatic carbocycles. The molecule has 4 rings (SSSR count). The SMILES string of the molecule is CCn1c2ccc(C=O)cc2c2ccc(-c3cscn3)cc21. The van der Waals surface area contributed by atoms with E-state index < -0.39 is 0 Å². The van der Waals surface area contributed by atoms with E-state index in [0.29, 0.717) is 5.56 Å². The zero-order chi connectivity index (χ0) is 15.1. The first-order valence-electron chi connectivity index (χ1n) is 7.21. The average Bonchev–Trinajstić information content (AvgIpc) is 3.19. The van der Waals surface area contributed by atoms with Gasteiger partial charge in [0, 0.05) is 44.9 Å². The smallest absolute Gasteiger partial charge is 0.150 e. The Morgan fingerprint density at radius 1 is 1.14 bits per heavy atom. The Kier molecular flexibility index (Phi) is 3.05. The first kappa shape index (κ1) is 13.2. The molecule has 0 amide bonds. The Bertz CT molecular complexity index is 983. The second-order valence-corrected chi connectivity index (χ2v) is 5.96. The Labute approximate surface area is 131 Å². The summed E-state index contributed by atoms with van der Waals surface area (Å²) in [6.07, 6.45) is 0.901. The largest absolute Gasteiger partial charge is 0.341 e. The van der Waals surface area contributed by atoms with Gasteiger partial charge in [0.25, 0.3) is 0 Å². The number of hydrogen-bond acceptors (Lipinski definition) is 3. The van der Waals surface area contributed by atoms with Gasteiger partial charge in [-0.15, -0.1) is 11.3 Å². The molecule has 2 aromatic heterocycles. The van der Waals surface area contributed by atoms with Crippen molar-refractivity contribution in [1.82, 2.24) is 9.55 Å². The fraction of sp³-hybridized carbons (Fsp3) is 0.111. The van der Waals surface area contributed by atoms with Gasteiger partial charge in [-0.05, 0) is 31.2 Å². The minimum Gasteiger partial charge on any atom is -0.341 e. The first-order valence-corrected chi connectivity index (χ1v) is 8.16. The molecule has 0 aliphatic rings. The van der Waals surface area contributed by atoms with Crippen LogP contribution in [0.4, 0.5) is 0 Å². The van der Waals surface area contributed by atoms with Gasteiger partial charge in [-0.1, -0.05) is 12.1 Å². The van der Waals surface area contributed by atoms with Gasteiger partial charge in [-0.25, -0.2) is 4.98 Å². The van der Waals surface area contributed by atoms with E-state index in [-0.39, 0.29) is 0 Å². The van der Waals surface area contributed by atoms with Crippen LogP contribution in [0.1, 0.15) is 17.3 Å². The van der Waals surface area contributed by atoms with Crippen LogP contribution in [0, 0.1) is 0 Å². The van der Waals surface area contributed by atoms with Gasteiger partial charge in [0.2, 0.25) is 0 Å². The van der Waals surface area contributed by atoms with E-state index >= 15 is 0 Å². The molecule has 0 N–H and O–H groups in total. The third-order valence-corrected chi connectivity index (χ3v) is 4.66. The molecule has 0 saturated carbocycles. The topological polar surface area (TPSA) is 34.9 Å². The number of aromatic nitrogens is 2. The Morgan fingerprint density at radius 2 is 2.05 bits per heavy atom. The molecule has 0 spiro atoms. The molecule has 0 aliphatic carbocycles. The maximum atomic E-state index is 11.1. The predicted octanol–water partition coefficient (Wildman–Crippen LogP) is 4.75. The van der Waals surface area contributed by atoms with Crippen molar-refractivity contribution in [3.63, 3.8) is 0 Å². The molecule has 4 heteroatoms. The summed E-state index contributed by atoms with van der Waals surface area (Å²) >= 11 is 1.60. The highest BCUT2D eigenvalue weighted by Crippen LogP contribution is 2.32. The number of thiazole rings is 1. The van der Waals surface area contributed by atoms with Crippen LogP contribution in [0.3, 0.4) is 0 Å². The van der Waals surface area contributed by atoms with Crippen molar-refractivity contribution in [2.45, 2.75) is 13.5 Å². The van der Waals surface area contributed by atoms with E-state index in [4.69, 9.17) is 0 Å². The molecule has 3 nitrogen and oxygen atoms in total. The number of fused-ring (bicyclic) bond motifs is 3. The van der Waals surface area contributed by atoms with Crippen LogP contribution in [0.2, 0.25) is 0 Å². The van der Waals surface area contributed by atoms with Crippen LogP contribution in [0.25, 0.3) is 33.1 Å². The van der Waals surface area contributed by atoms with E-state index in [1.165, 1.54) is 16.4 Å². The maximum Gasteiger partial charge on any atom is 0.150 e. The number of hydrogen-bond donors (Lipinski definition) is 0. The van der Waals surface area contributed by atoms with Gasteiger partial charge >= 0.3 is 0 Å². The Hall–Kier alpha value is -2.46. The van der Waals surface area contributed by atoms with Crippen molar-refractivity contribution in [3.05, 3.63) is 52.9 Å². The average molecular weight is 306 g/mol. The van der Waals surface area contributed by atoms with E-state index in [2.05, 4.69) is 40.1 Å². The molecule has 4 aromatic rings. The molecule has 22 heavy (non-hydrogen) atoms. The Morgan fingerprint density at radius 3 is 2.77 bits per heavy atom. The highest BCUT2D eigenvalue weighted by molar-refractivity contribution is 7.07. The molecule has 0 unspecified atom stereocenters. The molecular formula is C18H14N2OS. The molecular weight excluding hydrogens is 292 g/mol. The van der Waals surface area contributed by atoms with E-state index in [9.17, 15) is 4.79 Å². The zero-order valence-corrected chi connectivity index (χ0v) is 12.9. The van der Waals surface area contributed by atoms with Crippen LogP contribution in [-0.2, 0) is 6.54 Å². The van der Waals surface area contributed by atoms with Crippen molar-refractivity contribution in [2.24, 2.45) is 0 Å². The molecule has 108 valence electrons. The minimum absolute atomic E-state index is 0.714. The lowest BCUT2D eigenvalue weighted by Gasteiger charge is -2.04. The third-order valence-electron chi connectivity index (χ3n) is 4.07. The lowest BCUT2D eigenvalue weighted by Crippen LogP contribution is -1.93.